The molecule has 0 aromatic heterocycles. The van der Waals surface area contributed by atoms with Crippen LogP contribution in [-0.2, 0) is 65.4 Å². The Balaban J connectivity index is 5.23. The number of hydrogen-bond acceptors (Lipinski definition) is 15. The van der Waals surface area contributed by atoms with Crippen molar-refractivity contribution >= 4 is 39.5 Å². The van der Waals surface area contributed by atoms with E-state index in [4.69, 9.17) is 37.0 Å². The first kappa shape index (κ1) is 94.1. The second kappa shape index (κ2) is 68.8. The Kier molecular flexibility index (Phi) is 67.4. The summed E-state index contributed by atoms with van der Waals surface area (Å²) in [5.74, 6) is -0.599. The van der Waals surface area contributed by atoms with Crippen LogP contribution < -0.4 is 0 Å². The van der Waals surface area contributed by atoms with Gasteiger partial charge in [0.25, 0.3) is 0 Å². The van der Waals surface area contributed by atoms with E-state index in [9.17, 15) is 43.2 Å². The zero-order valence-electron chi connectivity index (χ0n) is 62.7. The molecule has 0 radical (unpaired) electrons. The summed E-state index contributed by atoms with van der Waals surface area (Å²) in [7, 11) is -9.91. The first-order chi connectivity index (χ1) is 46.4. The third-order valence-corrected chi connectivity index (χ3v) is 19.9. The number of aliphatic hydroxyl groups is 1. The number of carbonyl (C=O) groups excluding carboxylic acids is 4. The molecule has 19 heteroatoms. The van der Waals surface area contributed by atoms with Gasteiger partial charge in [-0.05, 0) is 37.5 Å². The molecule has 0 aromatic carbocycles. The molecule has 0 bridgehead atoms. The molecule has 0 aliphatic carbocycles. The lowest BCUT2D eigenvalue weighted by atomic mass is 10.0. The van der Waals surface area contributed by atoms with Gasteiger partial charge in [-0.1, -0.05) is 350 Å². The Morgan fingerprint density at radius 1 is 0.281 bits per heavy atom. The molecule has 2 unspecified atom stereocenters. The quantitative estimate of drug-likeness (QED) is 0.0222. The van der Waals surface area contributed by atoms with Crippen LogP contribution >= 0.6 is 15.6 Å². The molecule has 96 heavy (non-hydrogen) atoms. The van der Waals surface area contributed by atoms with Gasteiger partial charge in [-0.25, -0.2) is 9.13 Å². The first-order valence-electron chi connectivity index (χ1n) is 40.0. The van der Waals surface area contributed by atoms with Crippen LogP contribution in [0, 0.1) is 11.8 Å². The minimum atomic E-state index is -4.96. The number of ether oxygens (including phenoxy) is 4. The van der Waals surface area contributed by atoms with Gasteiger partial charge >= 0.3 is 39.5 Å². The van der Waals surface area contributed by atoms with Gasteiger partial charge < -0.3 is 33.8 Å². The highest BCUT2D eigenvalue weighted by atomic mass is 31.2. The second-order valence-corrected chi connectivity index (χ2v) is 31.6. The molecular formula is C77H150O17P2. The smallest absolute Gasteiger partial charge is 0.462 e. The lowest BCUT2D eigenvalue weighted by molar-refractivity contribution is -0.161. The fourth-order valence-corrected chi connectivity index (χ4v) is 13.4. The monoisotopic (exact) mass is 1410 g/mol. The molecule has 0 aliphatic heterocycles. The maximum atomic E-state index is 13.1. The van der Waals surface area contributed by atoms with Crippen LogP contribution in [0.2, 0.25) is 0 Å². The highest BCUT2D eigenvalue weighted by Crippen LogP contribution is 2.45. The molecule has 0 aliphatic rings. The molecule has 3 N–H and O–H groups in total. The largest absolute Gasteiger partial charge is 0.472 e. The Hall–Kier alpha value is -1.94. The van der Waals surface area contributed by atoms with Crippen molar-refractivity contribution in [3.05, 3.63) is 0 Å². The van der Waals surface area contributed by atoms with Gasteiger partial charge in [0.15, 0.2) is 12.2 Å². The van der Waals surface area contributed by atoms with E-state index < -0.39 is 97.5 Å². The summed E-state index contributed by atoms with van der Waals surface area (Å²) in [6.07, 6.45) is 56.9. The summed E-state index contributed by atoms with van der Waals surface area (Å²) in [4.78, 5) is 72.8. The predicted octanol–water partition coefficient (Wildman–Crippen LogP) is 22.7. The molecule has 0 saturated carbocycles. The van der Waals surface area contributed by atoms with Crippen molar-refractivity contribution in [2.24, 2.45) is 11.8 Å². The van der Waals surface area contributed by atoms with Gasteiger partial charge in [0.2, 0.25) is 0 Å². The van der Waals surface area contributed by atoms with Crippen molar-refractivity contribution in [1.82, 2.24) is 0 Å². The van der Waals surface area contributed by atoms with E-state index in [0.717, 1.165) is 102 Å². The van der Waals surface area contributed by atoms with Gasteiger partial charge in [0, 0.05) is 25.7 Å². The fraction of sp³-hybridized carbons (Fsp3) is 0.948. The van der Waals surface area contributed by atoms with E-state index in [0.29, 0.717) is 31.6 Å². The van der Waals surface area contributed by atoms with Crippen LogP contribution in [0.25, 0.3) is 0 Å². The minimum absolute atomic E-state index is 0.107. The third-order valence-electron chi connectivity index (χ3n) is 18.0. The maximum absolute atomic E-state index is 13.1. The number of rotatable bonds is 76. The molecule has 570 valence electrons. The number of hydrogen-bond donors (Lipinski definition) is 3. The summed E-state index contributed by atoms with van der Waals surface area (Å²) in [5.41, 5.74) is 0. The zero-order chi connectivity index (χ0) is 70.7. The standard InChI is InChI=1S/C77H150O17P2/c1-7-9-11-13-15-17-19-21-24-28-32-35-41-47-53-59-74(79)87-65-72(93-77(82)62-56-50-43-37-33-29-26-23-22-25-27-30-34-39-45-51-57-69(3)4)67-91-95(83,84)89-63-71(78)64-90-96(85,86)92-68-73(66-88-75(80)60-54-48-44-38-40-46-52-58-70(5)6)94-76(81)61-55-49-42-36-31-20-18-16-14-12-10-8-2/h69-73,78H,7-68H2,1-6H3,(H,83,84)(H,85,86)/t71-,72-,73-/m1/s1. The molecule has 0 saturated heterocycles. The maximum Gasteiger partial charge on any atom is 0.472 e. The lowest BCUT2D eigenvalue weighted by Gasteiger charge is -2.21. The van der Waals surface area contributed by atoms with E-state index in [1.165, 1.54) is 212 Å². The van der Waals surface area contributed by atoms with Crippen molar-refractivity contribution in [2.45, 2.75) is 419 Å². The van der Waals surface area contributed by atoms with Crippen molar-refractivity contribution in [3.63, 3.8) is 0 Å². The molecule has 17 nitrogen and oxygen atoms in total. The van der Waals surface area contributed by atoms with Crippen LogP contribution in [0.15, 0.2) is 0 Å². The number of aliphatic hydroxyl groups excluding tert-OH is 1. The summed E-state index contributed by atoms with van der Waals surface area (Å²) in [6.45, 7) is 9.58. The molecule has 0 fully saturated rings. The van der Waals surface area contributed by atoms with Crippen molar-refractivity contribution < 1.29 is 80.2 Å². The van der Waals surface area contributed by atoms with Gasteiger partial charge in [0.05, 0.1) is 26.4 Å². The summed E-state index contributed by atoms with van der Waals surface area (Å²) < 4.78 is 68.5. The number of phosphoric acid groups is 2. The van der Waals surface area contributed by atoms with Crippen LogP contribution in [-0.4, -0.2) is 96.7 Å². The Labute approximate surface area is 588 Å². The number of esters is 4. The first-order valence-corrected chi connectivity index (χ1v) is 43.0. The lowest BCUT2D eigenvalue weighted by Crippen LogP contribution is -2.30. The fourth-order valence-electron chi connectivity index (χ4n) is 11.8. The second-order valence-electron chi connectivity index (χ2n) is 28.7. The molecule has 0 amide bonds. The van der Waals surface area contributed by atoms with Crippen molar-refractivity contribution in [1.29, 1.82) is 0 Å². The predicted molar refractivity (Wildman–Crippen MR) is 391 cm³/mol. The molecule has 0 spiro atoms. The SMILES string of the molecule is CCCCCCCCCCCCCCCCCC(=O)OC[C@H](COP(=O)(O)OC[C@@H](O)COP(=O)(O)OC[C@@H](COC(=O)CCCCCCCCCC(C)C)OC(=O)CCCCCCCCCCCCCC)OC(=O)CCCCCCCCCCCCCCCCCCC(C)C. The molecule has 5 atom stereocenters. The van der Waals surface area contributed by atoms with E-state index >= 15 is 0 Å². The van der Waals surface area contributed by atoms with E-state index in [1.54, 1.807) is 0 Å². The highest BCUT2D eigenvalue weighted by Gasteiger charge is 2.30. The van der Waals surface area contributed by atoms with Crippen LogP contribution in [0.3, 0.4) is 0 Å². The molecular weight excluding hydrogens is 1260 g/mol. The minimum Gasteiger partial charge on any atom is -0.462 e. The van der Waals surface area contributed by atoms with Crippen molar-refractivity contribution in [2.75, 3.05) is 39.6 Å². The normalized spacial score (nSPS) is 14.0. The topological polar surface area (TPSA) is 237 Å². The third kappa shape index (κ3) is 70.5. The van der Waals surface area contributed by atoms with Crippen LogP contribution in [0.5, 0.6) is 0 Å². The molecule has 0 heterocycles. The Morgan fingerprint density at radius 3 is 0.708 bits per heavy atom. The zero-order valence-corrected chi connectivity index (χ0v) is 64.5. The summed E-state index contributed by atoms with van der Waals surface area (Å²) in [5, 5.41) is 10.6. The highest BCUT2D eigenvalue weighted by molar-refractivity contribution is 7.47. The van der Waals surface area contributed by atoms with Crippen molar-refractivity contribution in [3.8, 4) is 0 Å². The number of phosphoric ester groups is 2. The van der Waals surface area contributed by atoms with Gasteiger partial charge in [-0.3, -0.25) is 37.3 Å². The van der Waals surface area contributed by atoms with Gasteiger partial charge in [-0.15, -0.1) is 0 Å². The number of carbonyl (C=O) groups is 4. The van der Waals surface area contributed by atoms with Crippen LogP contribution in [0.4, 0.5) is 0 Å². The average molecular weight is 1410 g/mol. The van der Waals surface area contributed by atoms with E-state index in [-0.39, 0.29) is 25.7 Å². The van der Waals surface area contributed by atoms with Gasteiger partial charge in [-0.2, -0.15) is 0 Å². The molecule has 0 rings (SSSR count). The van der Waals surface area contributed by atoms with Crippen LogP contribution in [0.1, 0.15) is 401 Å². The number of unbranched alkanes of at least 4 members (excludes halogenated alkanes) is 46. The average Bonchev–Trinajstić information content (AvgIpc) is 1.58. The van der Waals surface area contributed by atoms with Gasteiger partial charge in [0.1, 0.15) is 19.3 Å². The molecule has 0 aromatic rings. The Bertz CT molecular complexity index is 1860. The Morgan fingerprint density at radius 2 is 0.479 bits per heavy atom. The van der Waals surface area contributed by atoms with E-state index in [1.807, 2.05) is 0 Å². The summed E-state index contributed by atoms with van der Waals surface area (Å²) >= 11 is 0. The summed E-state index contributed by atoms with van der Waals surface area (Å²) in [6, 6.07) is 0. The van der Waals surface area contributed by atoms with E-state index in [2.05, 4.69) is 41.5 Å².